The van der Waals surface area contributed by atoms with Crippen LogP contribution in [0.4, 0.5) is 28.0 Å². The lowest BCUT2D eigenvalue weighted by atomic mass is 9.81. The van der Waals surface area contributed by atoms with Crippen molar-refractivity contribution in [2.45, 2.75) is 58.2 Å². The third-order valence-electron chi connectivity index (χ3n) is 9.95. The van der Waals surface area contributed by atoms with Crippen molar-refractivity contribution >= 4 is 35.5 Å². The third-order valence-corrected chi connectivity index (χ3v) is 9.95. The highest BCUT2D eigenvalue weighted by atomic mass is 19.4. The molecule has 0 bridgehead atoms. The molecule has 322 valence electrons. The number of aliphatic carboxylic acids is 1. The summed E-state index contributed by atoms with van der Waals surface area (Å²) < 4.78 is 47.4. The van der Waals surface area contributed by atoms with Crippen LogP contribution in [-0.4, -0.2) is 110 Å². The number of carboxylic acid groups (broad SMARTS) is 2. The molecule has 1 saturated carbocycles. The van der Waals surface area contributed by atoms with Crippen LogP contribution in [0.1, 0.15) is 55.5 Å². The Balaban J connectivity index is 0.00000104. The van der Waals surface area contributed by atoms with E-state index in [2.05, 4.69) is 46.8 Å². The predicted octanol–water partition coefficient (Wildman–Crippen LogP) is 5.12. The minimum Gasteiger partial charge on any atom is -0.475 e. The van der Waals surface area contributed by atoms with Crippen LogP contribution in [0.25, 0.3) is 22.5 Å². The second-order valence-electron chi connectivity index (χ2n) is 13.9. The van der Waals surface area contributed by atoms with Crippen molar-refractivity contribution in [1.82, 2.24) is 41.5 Å². The van der Waals surface area contributed by atoms with Gasteiger partial charge in [0.2, 0.25) is 17.6 Å². The fourth-order valence-corrected chi connectivity index (χ4v) is 6.52. The maximum atomic E-state index is 15.7. The van der Waals surface area contributed by atoms with E-state index in [0.717, 1.165) is 18.7 Å². The van der Waals surface area contributed by atoms with E-state index in [4.69, 9.17) is 15.0 Å². The molecular weight excluding hydrogens is 794 g/mol. The molecule has 16 nitrogen and oxygen atoms in total. The SMILES string of the molecule is CCN(CC)CCNC(=O)c1cccc(-c2ccc(C[C@H](NC(=O)C3CCC(CNC(=O)O)CC3)C(=O)Nc3ccc(-c4nn[nH]n4)cc3)cc2)c1F.O=C(O)C(F)(F)F. The Morgan fingerprint density at radius 3 is 2.08 bits per heavy atom. The summed E-state index contributed by atoms with van der Waals surface area (Å²) in [6.45, 7) is 7.22. The fraction of sp³-hybridized carbons (Fsp3) is 0.400. The number of aromatic nitrogens is 4. The lowest BCUT2D eigenvalue weighted by molar-refractivity contribution is -0.192. The maximum Gasteiger partial charge on any atom is 0.490 e. The number of carbonyl (C=O) groups is 5. The van der Waals surface area contributed by atoms with Crippen LogP contribution in [0.2, 0.25) is 0 Å². The molecule has 0 saturated heterocycles. The first-order valence-corrected chi connectivity index (χ1v) is 19.2. The molecule has 0 spiro atoms. The molecule has 4 aromatic rings. The Morgan fingerprint density at radius 1 is 0.883 bits per heavy atom. The number of nitrogens with zero attached hydrogens (tertiary/aromatic N) is 4. The minimum absolute atomic E-state index is 0.0388. The maximum absolute atomic E-state index is 15.7. The summed E-state index contributed by atoms with van der Waals surface area (Å²) in [7, 11) is 0. The number of hydrogen-bond acceptors (Lipinski definition) is 9. The summed E-state index contributed by atoms with van der Waals surface area (Å²) >= 11 is 0. The summed E-state index contributed by atoms with van der Waals surface area (Å²) in [4.78, 5) is 62.0. The normalized spacial score (nSPS) is 15.5. The van der Waals surface area contributed by atoms with Crippen LogP contribution in [0.3, 0.4) is 0 Å². The number of rotatable bonds is 16. The molecule has 1 aliphatic carbocycles. The molecule has 3 aromatic carbocycles. The Hall–Kier alpha value is -6.44. The second-order valence-corrected chi connectivity index (χ2v) is 13.9. The molecule has 1 atom stereocenters. The lowest BCUT2D eigenvalue weighted by Gasteiger charge is -2.29. The first kappa shape index (κ1) is 46.3. The molecule has 1 fully saturated rings. The van der Waals surface area contributed by atoms with Crippen molar-refractivity contribution in [3.05, 3.63) is 83.7 Å². The molecule has 4 amide bonds. The van der Waals surface area contributed by atoms with Gasteiger partial charge in [0.05, 0.1) is 5.56 Å². The number of benzene rings is 3. The van der Waals surface area contributed by atoms with Gasteiger partial charge in [-0.25, -0.2) is 14.0 Å². The highest BCUT2D eigenvalue weighted by molar-refractivity contribution is 5.98. The van der Waals surface area contributed by atoms with Crippen LogP contribution >= 0.6 is 0 Å². The van der Waals surface area contributed by atoms with Crippen LogP contribution in [0, 0.1) is 17.7 Å². The average molecular weight is 842 g/mol. The third kappa shape index (κ3) is 13.8. The van der Waals surface area contributed by atoms with Crippen LogP contribution in [-0.2, 0) is 20.8 Å². The number of carboxylic acids is 1. The number of alkyl halides is 3. The van der Waals surface area contributed by atoms with E-state index in [-0.39, 0.29) is 35.3 Å². The van der Waals surface area contributed by atoms with E-state index < -0.39 is 41.9 Å². The van der Waals surface area contributed by atoms with Gasteiger partial charge in [0, 0.05) is 48.8 Å². The number of amides is 4. The van der Waals surface area contributed by atoms with E-state index >= 15 is 4.39 Å². The lowest BCUT2D eigenvalue weighted by Crippen LogP contribution is -2.48. The monoisotopic (exact) mass is 841 g/mol. The number of hydrogen-bond donors (Lipinski definition) is 7. The molecule has 60 heavy (non-hydrogen) atoms. The standard InChI is InChI=1S/C38H46FN9O5.C2HF3O2/c1-3-48(4-2)21-20-40-36(50)31-7-5-6-30(33(31)39)26-12-8-24(9-13-26)22-32(43-35(49)28-14-10-25(11-15-28)23-41-38(52)53)37(51)42-29-18-16-27(17-19-29)34-44-46-47-45-34;3-2(4,5)1(6)7/h5-9,12-13,16-19,25,28,32,41H,3-4,10-11,14-15,20-23H2,1-2H3,(H,40,50)(H,42,51)(H,43,49)(H,52,53)(H,44,45,46,47);(H,6,7)/t25?,28?,32-;/m0./s1. The Kier molecular flexibility index (Phi) is 17.0. The first-order valence-electron chi connectivity index (χ1n) is 19.2. The van der Waals surface area contributed by atoms with Crippen LogP contribution in [0.5, 0.6) is 0 Å². The number of likely N-dealkylation sites (N-methyl/N-ethyl adjacent to an activating group) is 1. The molecule has 0 aliphatic heterocycles. The second kappa shape index (κ2) is 22.1. The summed E-state index contributed by atoms with van der Waals surface area (Å²) in [5.41, 5.74) is 2.74. The quantitative estimate of drug-likeness (QED) is 0.0733. The Bertz CT molecular complexity index is 2040. The number of aromatic amines is 1. The molecule has 0 unspecified atom stereocenters. The van der Waals surface area contributed by atoms with Crippen molar-refractivity contribution in [2.75, 3.05) is 38.0 Å². The van der Waals surface area contributed by atoms with Gasteiger partial charge in [-0.15, -0.1) is 10.2 Å². The van der Waals surface area contributed by atoms with E-state index in [0.29, 0.717) is 68.0 Å². The Labute approximate surface area is 342 Å². The topological polar surface area (TPSA) is 232 Å². The van der Waals surface area contributed by atoms with Gasteiger partial charge in [0.25, 0.3) is 5.91 Å². The van der Waals surface area contributed by atoms with Crippen molar-refractivity contribution in [3.63, 3.8) is 0 Å². The number of H-pyrrole nitrogens is 1. The van der Waals surface area contributed by atoms with Gasteiger partial charge in [0.15, 0.2) is 0 Å². The molecule has 1 heterocycles. The van der Waals surface area contributed by atoms with E-state index in [1.807, 2.05) is 13.8 Å². The van der Waals surface area contributed by atoms with Gasteiger partial charge < -0.3 is 36.4 Å². The van der Waals surface area contributed by atoms with Crippen LogP contribution in [0.15, 0.2) is 66.7 Å². The molecule has 0 radical (unpaired) electrons. The molecule has 7 N–H and O–H groups in total. The highest BCUT2D eigenvalue weighted by Crippen LogP contribution is 2.29. The zero-order chi connectivity index (χ0) is 43.8. The predicted molar refractivity (Wildman–Crippen MR) is 211 cm³/mol. The highest BCUT2D eigenvalue weighted by Gasteiger charge is 2.38. The van der Waals surface area contributed by atoms with Crippen molar-refractivity contribution < 1.29 is 51.7 Å². The van der Waals surface area contributed by atoms with Crippen LogP contribution < -0.4 is 21.3 Å². The molecule has 20 heteroatoms. The molecular formula is C40H47F4N9O7. The first-order chi connectivity index (χ1) is 28.6. The number of tetrazole rings is 1. The fourth-order valence-electron chi connectivity index (χ4n) is 6.52. The van der Waals surface area contributed by atoms with Crippen molar-refractivity contribution in [1.29, 1.82) is 0 Å². The molecule has 1 aliphatic rings. The van der Waals surface area contributed by atoms with E-state index in [9.17, 15) is 32.3 Å². The van der Waals surface area contributed by atoms with Crippen molar-refractivity contribution in [3.8, 4) is 22.5 Å². The molecule has 5 rings (SSSR count). The summed E-state index contributed by atoms with van der Waals surface area (Å²) in [6.07, 6.45) is -3.44. The van der Waals surface area contributed by atoms with E-state index in [1.165, 1.54) is 6.07 Å². The van der Waals surface area contributed by atoms with Gasteiger partial charge in [-0.1, -0.05) is 50.2 Å². The van der Waals surface area contributed by atoms with Gasteiger partial charge in [0.1, 0.15) is 11.9 Å². The average Bonchev–Trinajstić information content (AvgIpc) is 3.77. The number of halogens is 4. The minimum atomic E-state index is -5.08. The number of carbonyl (C=O) groups excluding carboxylic acids is 3. The van der Waals surface area contributed by atoms with Gasteiger partial charge >= 0.3 is 18.2 Å². The smallest absolute Gasteiger partial charge is 0.475 e. The number of nitrogens with one attached hydrogen (secondary N) is 5. The molecule has 1 aromatic heterocycles. The largest absolute Gasteiger partial charge is 0.490 e. The van der Waals surface area contributed by atoms with E-state index in [1.54, 1.807) is 60.7 Å². The zero-order valence-corrected chi connectivity index (χ0v) is 32.9. The summed E-state index contributed by atoms with van der Waals surface area (Å²) in [6, 6.07) is 17.7. The Morgan fingerprint density at radius 2 is 1.52 bits per heavy atom. The van der Waals surface area contributed by atoms with Gasteiger partial charge in [-0.2, -0.15) is 18.4 Å². The van der Waals surface area contributed by atoms with Gasteiger partial charge in [-0.05, 0) is 91.4 Å². The van der Waals surface area contributed by atoms with Crippen molar-refractivity contribution in [2.24, 2.45) is 11.8 Å². The van der Waals surface area contributed by atoms with Gasteiger partial charge in [-0.3, -0.25) is 14.4 Å². The summed E-state index contributed by atoms with van der Waals surface area (Å²) in [5.74, 6) is -4.27. The summed E-state index contributed by atoms with van der Waals surface area (Å²) in [5, 5.41) is 41.0. The number of anilines is 1. The zero-order valence-electron chi connectivity index (χ0n) is 32.9.